The largest absolute Gasteiger partial charge is 0.768 e. The lowest BCUT2D eigenvalue weighted by Gasteiger charge is -2.31. The molecule has 0 rings (SSSR count). The van der Waals surface area contributed by atoms with Crippen molar-refractivity contribution in [2.75, 3.05) is 0 Å². The third kappa shape index (κ3) is 3.82. The van der Waals surface area contributed by atoms with Gasteiger partial charge in [0.25, 0.3) is 0 Å². The van der Waals surface area contributed by atoms with E-state index in [1.807, 2.05) is 4.74 Å². The first kappa shape index (κ1) is 18.2. The second kappa shape index (κ2) is 4.94. The maximum atomic E-state index is 12.5. The quantitative estimate of drug-likeness (QED) is 0.444. The van der Waals surface area contributed by atoms with E-state index < -0.39 is 40.3 Å². The van der Waals surface area contributed by atoms with Crippen LogP contribution >= 0.6 is 0 Å². The molecule has 0 heterocycles. The van der Waals surface area contributed by atoms with Crippen molar-refractivity contribution in [2.45, 2.75) is 23.6 Å². The van der Waals surface area contributed by atoms with Gasteiger partial charge in [-0.15, -0.1) is 0 Å². The molecule has 0 spiro atoms. The summed E-state index contributed by atoms with van der Waals surface area (Å²) in [6.45, 7) is 1.68. The average Bonchev–Trinajstić information content (AvgIpc) is 2.12. The first-order chi connectivity index (χ1) is 8.06. The minimum absolute atomic E-state index is 1.68. The highest BCUT2D eigenvalue weighted by molar-refractivity contribution is 7.80. The zero-order valence-electron chi connectivity index (χ0n) is 8.24. The Morgan fingerprint density at radius 3 is 1.63 bits per heavy atom. The lowest BCUT2D eigenvalue weighted by molar-refractivity contribution is -0.407. The van der Waals surface area contributed by atoms with Gasteiger partial charge in [-0.25, -0.2) is 4.74 Å². The summed E-state index contributed by atoms with van der Waals surface area (Å²) >= 11 is -4.92. The highest BCUT2D eigenvalue weighted by atomic mass is 32.2. The molecule has 114 valence electrons. The second-order valence-corrected chi connectivity index (χ2v) is 3.85. The number of halogens is 9. The molecule has 0 saturated heterocycles. The Hall–Kier alpha value is -0.820. The number of rotatable bonds is 5. The van der Waals surface area contributed by atoms with E-state index in [0.29, 0.717) is 0 Å². The van der Waals surface area contributed by atoms with Gasteiger partial charge in [-0.2, -0.15) is 39.5 Å². The van der Waals surface area contributed by atoms with Gasteiger partial charge in [0.05, 0.1) is 0 Å². The molecule has 0 saturated carbocycles. The first-order valence-corrected chi connectivity index (χ1v) is 4.83. The summed E-state index contributed by atoms with van der Waals surface area (Å²) in [5.74, 6) is 0. The van der Waals surface area contributed by atoms with E-state index in [1.165, 1.54) is 0 Å². The van der Waals surface area contributed by atoms with Crippen molar-refractivity contribution in [3.63, 3.8) is 0 Å². The summed E-state index contributed by atoms with van der Waals surface area (Å²) in [4.78, 5) is 0. The monoisotopic (exact) mass is 325 g/mol. The SMILES string of the molecule is C=C(C(F)(F)F)C(F)(F)OC(F)(F)C(F)(F)S(=O)[O-]. The number of hydrogen-bond acceptors (Lipinski definition) is 3. The second-order valence-electron chi connectivity index (χ2n) is 2.86. The molecule has 13 heteroatoms. The molecule has 0 aromatic heterocycles. The van der Waals surface area contributed by atoms with E-state index in [9.17, 15) is 48.3 Å². The summed E-state index contributed by atoms with van der Waals surface area (Å²) < 4.78 is 131. The van der Waals surface area contributed by atoms with E-state index in [-0.39, 0.29) is 0 Å². The van der Waals surface area contributed by atoms with E-state index in [2.05, 4.69) is 0 Å². The smallest absolute Gasteiger partial charge is 0.435 e. The van der Waals surface area contributed by atoms with Crippen molar-refractivity contribution in [1.29, 1.82) is 0 Å². The van der Waals surface area contributed by atoms with Crippen LogP contribution in [0.1, 0.15) is 0 Å². The molecule has 0 amide bonds. The van der Waals surface area contributed by atoms with Crippen LogP contribution < -0.4 is 0 Å². The normalized spacial score (nSPS) is 16.3. The van der Waals surface area contributed by atoms with Crippen LogP contribution in [0.3, 0.4) is 0 Å². The molecule has 0 aliphatic rings. The highest BCUT2D eigenvalue weighted by Gasteiger charge is 2.66. The molecule has 0 aliphatic carbocycles. The number of alkyl halides is 9. The fourth-order valence-electron chi connectivity index (χ4n) is 0.544. The van der Waals surface area contributed by atoms with E-state index in [4.69, 9.17) is 0 Å². The summed E-state index contributed by atoms with van der Waals surface area (Å²) in [7, 11) is 0. The molecular formula is C6H2F9O3S-. The summed E-state index contributed by atoms with van der Waals surface area (Å²) in [5, 5.41) is -6.16. The van der Waals surface area contributed by atoms with Crippen molar-refractivity contribution in [3.8, 4) is 0 Å². The van der Waals surface area contributed by atoms with Gasteiger partial charge in [-0.3, -0.25) is 4.21 Å². The van der Waals surface area contributed by atoms with Crippen LogP contribution in [0.4, 0.5) is 39.5 Å². The minimum atomic E-state index is -6.41. The van der Waals surface area contributed by atoms with Crippen molar-refractivity contribution in [1.82, 2.24) is 0 Å². The molecule has 0 fully saturated rings. The third-order valence-electron chi connectivity index (χ3n) is 1.50. The maximum Gasteiger partial charge on any atom is 0.435 e. The highest BCUT2D eigenvalue weighted by Crippen LogP contribution is 2.45. The van der Waals surface area contributed by atoms with Gasteiger partial charge in [-0.1, -0.05) is 6.58 Å². The van der Waals surface area contributed by atoms with Crippen LogP contribution in [0.2, 0.25) is 0 Å². The predicted octanol–water partition coefficient (Wildman–Crippen LogP) is 2.78. The molecule has 0 N–H and O–H groups in total. The Balaban J connectivity index is 5.34. The Bertz CT molecular complexity index is 388. The molecule has 3 nitrogen and oxygen atoms in total. The molecule has 0 aliphatic heterocycles. The molecule has 1 unspecified atom stereocenters. The standard InChI is InChI=1S/C6H3F9O3S/c1-2(3(7,8)9)4(10,11)18-5(12,13)6(14,15)19(16)17/h1H2,(H,16,17)/p-1. The third-order valence-corrected chi connectivity index (χ3v) is 2.15. The van der Waals surface area contributed by atoms with Gasteiger partial charge >= 0.3 is 23.6 Å². The van der Waals surface area contributed by atoms with Gasteiger partial charge in [0, 0.05) is 11.1 Å². The van der Waals surface area contributed by atoms with Crippen molar-refractivity contribution in [3.05, 3.63) is 12.2 Å². The van der Waals surface area contributed by atoms with Crippen LogP contribution in [-0.4, -0.2) is 32.4 Å². The number of hydrogen-bond donors (Lipinski definition) is 0. The summed E-state index contributed by atoms with van der Waals surface area (Å²) in [6, 6.07) is 0. The zero-order valence-corrected chi connectivity index (χ0v) is 9.06. The Labute approximate surface area is 101 Å². The van der Waals surface area contributed by atoms with Gasteiger partial charge in [0.1, 0.15) is 5.57 Å². The molecular weight excluding hydrogens is 323 g/mol. The average molecular weight is 325 g/mol. The van der Waals surface area contributed by atoms with Crippen LogP contribution in [-0.2, 0) is 15.8 Å². The summed E-state index contributed by atoms with van der Waals surface area (Å²) in [6.07, 6.45) is -18.3. The summed E-state index contributed by atoms with van der Waals surface area (Å²) in [5.41, 5.74) is -3.20. The maximum absolute atomic E-state index is 12.5. The molecule has 0 bridgehead atoms. The topological polar surface area (TPSA) is 49.4 Å². The van der Waals surface area contributed by atoms with Gasteiger partial charge < -0.3 is 4.55 Å². The minimum Gasteiger partial charge on any atom is -0.768 e. The van der Waals surface area contributed by atoms with Crippen LogP contribution in [0.15, 0.2) is 12.2 Å². The molecule has 0 radical (unpaired) electrons. The van der Waals surface area contributed by atoms with Crippen molar-refractivity contribution in [2.24, 2.45) is 0 Å². The van der Waals surface area contributed by atoms with Crippen molar-refractivity contribution < 1.29 is 53.0 Å². The van der Waals surface area contributed by atoms with E-state index in [1.54, 1.807) is 6.58 Å². The van der Waals surface area contributed by atoms with E-state index >= 15 is 0 Å². The first-order valence-electron chi connectivity index (χ1n) is 3.75. The van der Waals surface area contributed by atoms with Gasteiger partial charge in [0.15, 0.2) is 0 Å². The lowest BCUT2D eigenvalue weighted by atomic mass is 10.3. The molecule has 0 aromatic rings. The van der Waals surface area contributed by atoms with Crippen molar-refractivity contribution >= 4 is 11.1 Å². The Morgan fingerprint density at radius 1 is 1.00 bits per heavy atom. The Kier molecular flexibility index (Phi) is 4.72. The zero-order chi connectivity index (χ0) is 15.9. The van der Waals surface area contributed by atoms with Gasteiger partial charge in [-0.05, 0) is 0 Å². The molecule has 1 atom stereocenters. The van der Waals surface area contributed by atoms with Crippen LogP contribution in [0.5, 0.6) is 0 Å². The number of ether oxygens (including phenoxy) is 1. The van der Waals surface area contributed by atoms with Crippen LogP contribution in [0, 0.1) is 0 Å². The Morgan fingerprint density at radius 2 is 1.37 bits per heavy atom. The fourth-order valence-corrected chi connectivity index (χ4v) is 0.780. The molecule has 0 aromatic carbocycles. The molecule has 19 heavy (non-hydrogen) atoms. The predicted molar refractivity (Wildman–Crippen MR) is 40.0 cm³/mol. The fraction of sp³-hybridized carbons (Fsp3) is 0.667. The lowest BCUT2D eigenvalue weighted by Crippen LogP contribution is -2.51. The van der Waals surface area contributed by atoms with Gasteiger partial charge in [0.2, 0.25) is 0 Å². The van der Waals surface area contributed by atoms with E-state index in [0.717, 1.165) is 0 Å². The van der Waals surface area contributed by atoms with Crippen LogP contribution in [0.25, 0.3) is 0 Å².